The molecule has 0 spiro atoms. The third-order valence-corrected chi connectivity index (χ3v) is 4.33. The van der Waals surface area contributed by atoms with E-state index < -0.39 is 0 Å². The van der Waals surface area contributed by atoms with Gasteiger partial charge >= 0.3 is 0 Å². The van der Waals surface area contributed by atoms with Gasteiger partial charge < -0.3 is 0 Å². The maximum Gasteiger partial charge on any atom is 0.0475 e. The van der Waals surface area contributed by atoms with Gasteiger partial charge in [0.15, 0.2) is 0 Å². The van der Waals surface area contributed by atoms with Gasteiger partial charge in [0, 0.05) is 5.02 Å². The summed E-state index contributed by atoms with van der Waals surface area (Å²) in [5, 5.41) is 1.12. The second-order valence-electron chi connectivity index (χ2n) is 4.56. The Balaban J connectivity index is 2.33. The van der Waals surface area contributed by atoms with Crippen molar-refractivity contribution in [3.63, 3.8) is 0 Å². The SMILES string of the molecule is Cc1c2c(c(Cl)c3c1CCC3)CCC2. The topological polar surface area (TPSA) is 0 Å². The summed E-state index contributed by atoms with van der Waals surface area (Å²) < 4.78 is 0. The van der Waals surface area contributed by atoms with E-state index in [4.69, 9.17) is 11.6 Å². The Morgan fingerprint density at radius 1 is 0.786 bits per heavy atom. The molecule has 0 amide bonds. The second-order valence-corrected chi connectivity index (χ2v) is 4.94. The Morgan fingerprint density at radius 2 is 1.21 bits per heavy atom. The van der Waals surface area contributed by atoms with Crippen LogP contribution >= 0.6 is 11.6 Å². The number of benzene rings is 1. The third-order valence-electron chi connectivity index (χ3n) is 3.87. The zero-order chi connectivity index (χ0) is 9.71. The quantitative estimate of drug-likeness (QED) is 0.608. The van der Waals surface area contributed by atoms with Gasteiger partial charge in [-0.2, -0.15) is 0 Å². The number of fused-ring (bicyclic) bond motifs is 2. The van der Waals surface area contributed by atoms with E-state index in [9.17, 15) is 0 Å². The third kappa shape index (κ3) is 1.01. The largest absolute Gasteiger partial charge is 0.0837 e. The lowest BCUT2D eigenvalue weighted by Crippen LogP contribution is -1.97. The van der Waals surface area contributed by atoms with Crippen LogP contribution in [-0.2, 0) is 25.7 Å². The lowest BCUT2D eigenvalue weighted by molar-refractivity contribution is 0.893. The van der Waals surface area contributed by atoms with Crippen molar-refractivity contribution in [2.75, 3.05) is 0 Å². The molecule has 0 aliphatic heterocycles. The van der Waals surface area contributed by atoms with Crippen LogP contribution in [-0.4, -0.2) is 0 Å². The van der Waals surface area contributed by atoms with Crippen LogP contribution in [0.3, 0.4) is 0 Å². The van der Waals surface area contributed by atoms with E-state index in [0.29, 0.717) is 0 Å². The smallest absolute Gasteiger partial charge is 0.0475 e. The van der Waals surface area contributed by atoms with Crippen LogP contribution in [0.4, 0.5) is 0 Å². The summed E-state index contributed by atoms with van der Waals surface area (Å²) in [6, 6.07) is 0. The minimum atomic E-state index is 1.12. The highest BCUT2D eigenvalue weighted by Crippen LogP contribution is 2.40. The molecule has 0 bridgehead atoms. The molecule has 2 aliphatic rings. The van der Waals surface area contributed by atoms with Gasteiger partial charge in [0.1, 0.15) is 0 Å². The minimum absolute atomic E-state index is 1.12. The van der Waals surface area contributed by atoms with Crippen molar-refractivity contribution >= 4 is 11.6 Å². The van der Waals surface area contributed by atoms with Crippen LogP contribution in [0.5, 0.6) is 0 Å². The summed E-state index contributed by atoms with van der Waals surface area (Å²) in [6.45, 7) is 2.30. The molecule has 1 aromatic rings. The van der Waals surface area contributed by atoms with Crippen molar-refractivity contribution in [2.45, 2.75) is 45.4 Å². The van der Waals surface area contributed by atoms with Gasteiger partial charge in [0.2, 0.25) is 0 Å². The zero-order valence-electron chi connectivity index (χ0n) is 8.62. The predicted molar refractivity (Wildman–Crippen MR) is 60.2 cm³/mol. The first-order valence-electron chi connectivity index (χ1n) is 5.60. The van der Waals surface area contributed by atoms with E-state index in [0.717, 1.165) is 5.02 Å². The van der Waals surface area contributed by atoms with Crippen molar-refractivity contribution in [3.8, 4) is 0 Å². The van der Waals surface area contributed by atoms with Gasteiger partial charge in [0.05, 0.1) is 0 Å². The summed E-state index contributed by atoms with van der Waals surface area (Å²) in [4.78, 5) is 0. The molecule has 0 unspecified atom stereocenters. The van der Waals surface area contributed by atoms with Crippen LogP contribution in [0.1, 0.15) is 40.7 Å². The van der Waals surface area contributed by atoms with Gasteiger partial charge in [0.25, 0.3) is 0 Å². The van der Waals surface area contributed by atoms with Crippen molar-refractivity contribution in [1.82, 2.24) is 0 Å². The van der Waals surface area contributed by atoms with Gasteiger partial charge in [-0.05, 0) is 73.3 Å². The molecule has 2 aliphatic carbocycles. The van der Waals surface area contributed by atoms with E-state index in [-0.39, 0.29) is 0 Å². The summed E-state index contributed by atoms with van der Waals surface area (Å²) in [5.41, 5.74) is 7.68. The Bertz CT molecular complexity index is 332. The highest BCUT2D eigenvalue weighted by atomic mass is 35.5. The van der Waals surface area contributed by atoms with Gasteiger partial charge in [-0.3, -0.25) is 0 Å². The Labute approximate surface area is 90.3 Å². The first-order valence-corrected chi connectivity index (χ1v) is 5.98. The molecule has 0 saturated heterocycles. The van der Waals surface area contributed by atoms with E-state index in [1.807, 2.05) is 0 Å². The van der Waals surface area contributed by atoms with E-state index in [1.165, 1.54) is 49.7 Å². The number of rotatable bonds is 0. The molecule has 0 N–H and O–H groups in total. The summed E-state index contributed by atoms with van der Waals surface area (Å²) in [6.07, 6.45) is 7.55. The lowest BCUT2D eigenvalue weighted by Gasteiger charge is -2.13. The Hall–Kier alpha value is -0.490. The van der Waals surface area contributed by atoms with Crippen molar-refractivity contribution in [3.05, 3.63) is 32.8 Å². The predicted octanol–water partition coefficient (Wildman–Crippen LogP) is 3.63. The van der Waals surface area contributed by atoms with Crippen molar-refractivity contribution in [2.24, 2.45) is 0 Å². The van der Waals surface area contributed by atoms with Crippen LogP contribution in [0.15, 0.2) is 0 Å². The number of hydrogen-bond acceptors (Lipinski definition) is 0. The van der Waals surface area contributed by atoms with Gasteiger partial charge in [-0.15, -0.1) is 0 Å². The summed E-state index contributed by atoms with van der Waals surface area (Å²) >= 11 is 6.47. The molecule has 0 fully saturated rings. The standard InChI is InChI=1S/C13H15Cl/c1-8-9-4-2-6-11(9)13(14)12-7-3-5-10(8)12/h2-7H2,1H3. The maximum atomic E-state index is 6.47. The van der Waals surface area contributed by atoms with Crippen LogP contribution in [0.2, 0.25) is 5.02 Å². The molecule has 0 atom stereocenters. The summed E-state index contributed by atoms with van der Waals surface area (Å²) in [5.74, 6) is 0. The Kier molecular flexibility index (Phi) is 1.88. The van der Waals surface area contributed by atoms with Crippen LogP contribution < -0.4 is 0 Å². The average Bonchev–Trinajstić information content (AvgIpc) is 2.82. The first-order chi connectivity index (χ1) is 6.79. The van der Waals surface area contributed by atoms with Gasteiger partial charge in [-0.1, -0.05) is 11.6 Å². The minimum Gasteiger partial charge on any atom is -0.0837 e. The average molecular weight is 207 g/mol. The highest BCUT2D eigenvalue weighted by molar-refractivity contribution is 6.32. The molecule has 0 heterocycles. The lowest BCUT2D eigenvalue weighted by atomic mass is 9.95. The molecule has 1 heteroatoms. The molecular weight excluding hydrogens is 192 g/mol. The van der Waals surface area contributed by atoms with E-state index >= 15 is 0 Å². The molecule has 14 heavy (non-hydrogen) atoms. The van der Waals surface area contributed by atoms with Crippen LogP contribution in [0.25, 0.3) is 0 Å². The van der Waals surface area contributed by atoms with Crippen LogP contribution in [0, 0.1) is 6.92 Å². The fourth-order valence-electron chi connectivity index (χ4n) is 3.16. The molecule has 1 aromatic carbocycles. The maximum absolute atomic E-state index is 6.47. The van der Waals surface area contributed by atoms with Crippen molar-refractivity contribution < 1.29 is 0 Å². The molecule has 74 valence electrons. The highest BCUT2D eigenvalue weighted by Gasteiger charge is 2.25. The second kappa shape index (κ2) is 3.00. The van der Waals surface area contributed by atoms with E-state index in [2.05, 4.69) is 6.92 Å². The molecule has 0 aromatic heterocycles. The zero-order valence-corrected chi connectivity index (χ0v) is 9.38. The fourth-order valence-corrected chi connectivity index (χ4v) is 3.58. The fraction of sp³-hybridized carbons (Fsp3) is 0.538. The monoisotopic (exact) mass is 206 g/mol. The molecule has 0 saturated carbocycles. The van der Waals surface area contributed by atoms with E-state index in [1.54, 1.807) is 16.7 Å². The van der Waals surface area contributed by atoms with Gasteiger partial charge in [-0.25, -0.2) is 0 Å². The normalized spacial score (nSPS) is 18.4. The first kappa shape index (κ1) is 8.79. The van der Waals surface area contributed by atoms with Crippen molar-refractivity contribution in [1.29, 1.82) is 0 Å². The molecule has 0 nitrogen and oxygen atoms in total. The molecule has 0 radical (unpaired) electrons. The summed E-state index contributed by atoms with van der Waals surface area (Å²) in [7, 11) is 0. The Morgan fingerprint density at radius 3 is 1.71 bits per heavy atom. The molecular formula is C13H15Cl. The number of halogens is 1. The molecule has 3 rings (SSSR count). The number of hydrogen-bond donors (Lipinski definition) is 0.